The Kier molecular flexibility index (Phi) is 4.36. The summed E-state index contributed by atoms with van der Waals surface area (Å²) in [5.74, 6) is -1.23. The minimum atomic E-state index is -0.882. The average Bonchev–Trinajstić information content (AvgIpc) is 2.27. The van der Waals surface area contributed by atoms with Crippen LogP contribution in [-0.2, 0) is 4.79 Å². The zero-order valence-corrected chi connectivity index (χ0v) is 10.7. The molecule has 6 nitrogen and oxygen atoms in total. The van der Waals surface area contributed by atoms with Crippen LogP contribution in [0.1, 0.15) is 42.9 Å². The number of aromatic nitrogens is 2. The number of carboxylic acids is 1. The molecule has 0 bridgehead atoms. The maximum atomic E-state index is 11.9. The molecule has 18 heavy (non-hydrogen) atoms. The van der Waals surface area contributed by atoms with Crippen molar-refractivity contribution in [3.63, 3.8) is 0 Å². The van der Waals surface area contributed by atoms with Gasteiger partial charge in [0.05, 0.1) is 11.9 Å². The number of nitrogens with zero attached hydrogens (tertiary/aromatic N) is 2. The molecule has 0 aliphatic rings. The third-order valence-corrected chi connectivity index (χ3v) is 2.43. The van der Waals surface area contributed by atoms with Crippen LogP contribution in [0.2, 0.25) is 0 Å². The Labute approximate surface area is 105 Å². The van der Waals surface area contributed by atoms with E-state index >= 15 is 0 Å². The Bertz CT molecular complexity index is 440. The normalized spacial score (nSPS) is 11.1. The first-order chi connectivity index (χ1) is 8.30. The zero-order chi connectivity index (χ0) is 13.8. The maximum absolute atomic E-state index is 11.9. The number of aryl methyl sites for hydroxylation is 1. The van der Waals surface area contributed by atoms with E-state index in [1.165, 1.54) is 12.4 Å². The molecule has 1 aromatic rings. The van der Waals surface area contributed by atoms with Crippen molar-refractivity contribution in [3.8, 4) is 0 Å². The standard InChI is InChI=1S/C12H17N3O3/c1-8-6-14-9(7-13-8)11(18)15-12(2,3)5-4-10(16)17/h6-7H,4-5H2,1-3H3,(H,15,18)(H,16,17). The van der Waals surface area contributed by atoms with Gasteiger partial charge in [0.25, 0.3) is 5.91 Å². The first-order valence-electron chi connectivity index (χ1n) is 5.63. The highest BCUT2D eigenvalue weighted by Crippen LogP contribution is 2.12. The number of carbonyl (C=O) groups is 2. The molecule has 0 unspecified atom stereocenters. The SMILES string of the molecule is Cc1cnc(C(=O)NC(C)(C)CCC(=O)O)cn1. The Morgan fingerprint density at radius 3 is 2.50 bits per heavy atom. The van der Waals surface area contributed by atoms with E-state index < -0.39 is 11.5 Å². The number of carboxylic acid groups (broad SMARTS) is 1. The Morgan fingerprint density at radius 1 is 1.33 bits per heavy atom. The predicted octanol–water partition coefficient (Wildman–Crippen LogP) is 1.16. The summed E-state index contributed by atoms with van der Waals surface area (Å²) < 4.78 is 0. The quantitative estimate of drug-likeness (QED) is 0.819. The molecule has 0 aliphatic carbocycles. The Hall–Kier alpha value is -1.98. The lowest BCUT2D eigenvalue weighted by atomic mass is 9.98. The molecule has 0 spiro atoms. The molecule has 0 fully saturated rings. The zero-order valence-electron chi connectivity index (χ0n) is 10.7. The lowest BCUT2D eigenvalue weighted by Crippen LogP contribution is -2.44. The largest absolute Gasteiger partial charge is 0.481 e. The summed E-state index contributed by atoms with van der Waals surface area (Å²) in [6, 6.07) is 0. The van der Waals surface area contributed by atoms with Gasteiger partial charge in [0.1, 0.15) is 5.69 Å². The van der Waals surface area contributed by atoms with Crippen molar-refractivity contribution in [1.29, 1.82) is 0 Å². The smallest absolute Gasteiger partial charge is 0.303 e. The molecule has 2 N–H and O–H groups in total. The van der Waals surface area contributed by atoms with E-state index in [2.05, 4.69) is 15.3 Å². The van der Waals surface area contributed by atoms with Crippen LogP contribution < -0.4 is 5.32 Å². The fourth-order valence-corrected chi connectivity index (χ4v) is 1.36. The number of rotatable bonds is 5. The van der Waals surface area contributed by atoms with E-state index in [0.717, 1.165) is 5.69 Å². The third-order valence-electron chi connectivity index (χ3n) is 2.43. The molecule has 0 saturated carbocycles. The number of hydrogen-bond donors (Lipinski definition) is 2. The second-order valence-electron chi connectivity index (χ2n) is 4.77. The van der Waals surface area contributed by atoms with Crippen molar-refractivity contribution in [2.75, 3.05) is 0 Å². The van der Waals surface area contributed by atoms with Gasteiger partial charge < -0.3 is 10.4 Å². The van der Waals surface area contributed by atoms with Crippen molar-refractivity contribution >= 4 is 11.9 Å². The van der Waals surface area contributed by atoms with E-state index in [0.29, 0.717) is 6.42 Å². The molecule has 1 rings (SSSR count). The summed E-state index contributed by atoms with van der Waals surface area (Å²) in [5, 5.41) is 11.4. The Balaban J connectivity index is 2.63. The van der Waals surface area contributed by atoms with E-state index in [9.17, 15) is 9.59 Å². The number of carbonyl (C=O) groups excluding carboxylic acids is 1. The number of aliphatic carboxylic acids is 1. The van der Waals surface area contributed by atoms with Crippen LogP contribution in [0.4, 0.5) is 0 Å². The average molecular weight is 251 g/mol. The topological polar surface area (TPSA) is 92.2 Å². The minimum Gasteiger partial charge on any atom is -0.481 e. The molecule has 0 atom stereocenters. The van der Waals surface area contributed by atoms with Crippen molar-refractivity contribution in [3.05, 3.63) is 23.8 Å². The van der Waals surface area contributed by atoms with Gasteiger partial charge in [-0.3, -0.25) is 14.6 Å². The molecule has 0 radical (unpaired) electrons. The lowest BCUT2D eigenvalue weighted by Gasteiger charge is -2.25. The van der Waals surface area contributed by atoms with E-state index in [1.807, 2.05) is 0 Å². The van der Waals surface area contributed by atoms with Gasteiger partial charge in [-0.05, 0) is 27.2 Å². The molecular formula is C12H17N3O3. The minimum absolute atomic E-state index is 0.00680. The summed E-state index contributed by atoms with van der Waals surface area (Å²) in [4.78, 5) is 30.3. The molecule has 1 heterocycles. The molecular weight excluding hydrogens is 234 g/mol. The van der Waals surface area contributed by atoms with Gasteiger partial charge in [0, 0.05) is 18.2 Å². The molecule has 6 heteroatoms. The van der Waals surface area contributed by atoms with Gasteiger partial charge in [-0.2, -0.15) is 0 Å². The van der Waals surface area contributed by atoms with Crippen molar-refractivity contribution in [2.24, 2.45) is 0 Å². The van der Waals surface area contributed by atoms with Crippen LogP contribution in [0, 0.1) is 6.92 Å². The summed E-state index contributed by atoms with van der Waals surface area (Å²) >= 11 is 0. The van der Waals surface area contributed by atoms with Crippen molar-refractivity contribution in [2.45, 2.75) is 39.2 Å². The lowest BCUT2D eigenvalue weighted by molar-refractivity contribution is -0.137. The Morgan fingerprint density at radius 2 is 2.00 bits per heavy atom. The second kappa shape index (κ2) is 5.57. The highest BCUT2D eigenvalue weighted by molar-refractivity contribution is 5.92. The maximum Gasteiger partial charge on any atom is 0.303 e. The molecule has 1 amide bonds. The fraction of sp³-hybridized carbons (Fsp3) is 0.500. The van der Waals surface area contributed by atoms with E-state index in [4.69, 9.17) is 5.11 Å². The summed E-state index contributed by atoms with van der Waals surface area (Å²) in [5.41, 5.74) is 0.364. The van der Waals surface area contributed by atoms with Gasteiger partial charge in [-0.15, -0.1) is 0 Å². The molecule has 0 aromatic carbocycles. The van der Waals surface area contributed by atoms with Crippen LogP contribution >= 0.6 is 0 Å². The van der Waals surface area contributed by atoms with Crippen LogP contribution in [0.25, 0.3) is 0 Å². The van der Waals surface area contributed by atoms with Crippen LogP contribution in [0.3, 0.4) is 0 Å². The number of hydrogen-bond acceptors (Lipinski definition) is 4. The van der Waals surface area contributed by atoms with Gasteiger partial charge >= 0.3 is 5.97 Å². The summed E-state index contributed by atoms with van der Waals surface area (Å²) in [7, 11) is 0. The number of nitrogens with one attached hydrogen (secondary N) is 1. The summed E-state index contributed by atoms with van der Waals surface area (Å²) in [6.07, 6.45) is 3.28. The number of amides is 1. The van der Waals surface area contributed by atoms with Crippen LogP contribution in [0.5, 0.6) is 0 Å². The first-order valence-corrected chi connectivity index (χ1v) is 5.63. The molecule has 0 saturated heterocycles. The third kappa shape index (κ3) is 4.48. The van der Waals surface area contributed by atoms with Crippen molar-refractivity contribution in [1.82, 2.24) is 15.3 Å². The molecule has 98 valence electrons. The van der Waals surface area contributed by atoms with Crippen LogP contribution in [-0.4, -0.2) is 32.5 Å². The van der Waals surface area contributed by atoms with Crippen LogP contribution in [0.15, 0.2) is 12.4 Å². The van der Waals surface area contributed by atoms with Gasteiger partial charge in [0.15, 0.2) is 0 Å². The van der Waals surface area contributed by atoms with Crippen molar-refractivity contribution < 1.29 is 14.7 Å². The van der Waals surface area contributed by atoms with Gasteiger partial charge in [-0.25, -0.2) is 4.98 Å². The van der Waals surface area contributed by atoms with E-state index in [-0.39, 0.29) is 18.0 Å². The van der Waals surface area contributed by atoms with E-state index in [1.54, 1.807) is 20.8 Å². The molecule has 1 aromatic heterocycles. The highest BCUT2D eigenvalue weighted by Gasteiger charge is 2.22. The predicted molar refractivity (Wildman–Crippen MR) is 65.2 cm³/mol. The highest BCUT2D eigenvalue weighted by atomic mass is 16.4. The van der Waals surface area contributed by atoms with Gasteiger partial charge in [0.2, 0.25) is 0 Å². The summed E-state index contributed by atoms with van der Waals surface area (Å²) in [6.45, 7) is 5.33. The fourth-order valence-electron chi connectivity index (χ4n) is 1.36. The monoisotopic (exact) mass is 251 g/mol. The van der Waals surface area contributed by atoms with Gasteiger partial charge in [-0.1, -0.05) is 0 Å². The second-order valence-corrected chi connectivity index (χ2v) is 4.77. The first kappa shape index (κ1) is 14.1. The molecule has 0 aliphatic heterocycles.